The molecule has 186 valence electrons. The number of nitrogens with zero attached hydrogens (tertiary/aromatic N) is 4. The van der Waals surface area contributed by atoms with E-state index in [1.54, 1.807) is 43.7 Å². The van der Waals surface area contributed by atoms with Crippen molar-refractivity contribution in [3.05, 3.63) is 89.0 Å². The van der Waals surface area contributed by atoms with Crippen molar-refractivity contribution >= 4 is 41.3 Å². The van der Waals surface area contributed by atoms with Crippen molar-refractivity contribution in [3.63, 3.8) is 0 Å². The number of rotatable bonds is 9. The van der Waals surface area contributed by atoms with Gasteiger partial charge in [-0.3, -0.25) is 9.59 Å². The van der Waals surface area contributed by atoms with Crippen LogP contribution in [0.1, 0.15) is 31.8 Å². The van der Waals surface area contributed by atoms with Gasteiger partial charge in [-0.05, 0) is 77.9 Å². The molecule has 0 atom stereocenters. The van der Waals surface area contributed by atoms with Gasteiger partial charge in [-0.15, -0.1) is 0 Å². The van der Waals surface area contributed by atoms with E-state index in [-0.39, 0.29) is 11.8 Å². The van der Waals surface area contributed by atoms with Crippen molar-refractivity contribution in [1.29, 1.82) is 0 Å². The molecule has 3 N–H and O–H groups in total. The molecule has 36 heavy (non-hydrogen) atoms. The number of hydrazone groups is 2. The van der Waals surface area contributed by atoms with Gasteiger partial charge < -0.3 is 15.1 Å². The molecule has 0 aromatic heterocycles. The largest absolute Gasteiger partial charge is 0.388 e. The molecule has 3 aromatic rings. The first kappa shape index (κ1) is 26.0. The fourth-order valence-corrected chi connectivity index (χ4v) is 3.25. The third-order valence-electron chi connectivity index (χ3n) is 5.32. The smallest absolute Gasteiger partial charge is 0.271 e. The van der Waals surface area contributed by atoms with Crippen LogP contribution in [0.4, 0.5) is 17.1 Å². The van der Waals surface area contributed by atoms with E-state index in [1.807, 2.05) is 80.5 Å². The lowest BCUT2D eigenvalue weighted by Gasteiger charge is -2.12. The average Bonchev–Trinajstić information content (AvgIpc) is 2.88. The number of carbonyl (C=O) groups is 2. The van der Waals surface area contributed by atoms with Crippen LogP contribution in [-0.4, -0.2) is 59.5 Å². The Morgan fingerprint density at radius 3 is 1.39 bits per heavy atom. The fraction of sp³-hybridized carbons (Fsp3) is 0.185. The molecule has 3 aromatic carbocycles. The zero-order valence-electron chi connectivity index (χ0n) is 21.1. The fourth-order valence-electron chi connectivity index (χ4n) is 3.25. The monoisotopic (exact) mass is 485 g/mol. The van der Waals surface area contributed by atoms with E-state index in [4.69, 9.17) is 0 Å². The van der Waals surface area contributed by atoms with Crippen LogP contribution in [0.5, 0.6) is 0 Å². The van der Waals surface area contributed by atoms with E-state index in [0.29, 0.717) is 11.1 Å². The van der Waals surface area contributed by atoms with E-state index < -0.39 is 0 Å². The Morgan fingerprint density at radius 2 is 1.06 bits per heavy atom. The van der Waals surface area contributed by atoms with Crippen LogP contribution in [0.2, 0.25) is 0 Å². The standard InChI is InChI=1S/C27H31N7O2/c1-28-23-15-19(17-29-31-26(35)21-6-10-24(11-7-21)33(2)3)14-20(16-23)18-30-32-27(36)22-8-12-25(13-9-22)34(4)5/h6-18,28H,1-5H3,(H,31,35)(H,32,36). The number of amides is 2. The van der Waals surface area contributed by atoms with Crippen LogP contribution >= 0.6 is 0 Å². The summed E-state index contributed by atoms with van der Waals surface area (Å²) in [7, 11) is 9.56. The van der Waals surface area contributed by atoms with E-state index in [2.05, 4.69) is 26.4 Å². The highest BCUT2D eigenvalue weighted by Crippen LogP contribution is 2.14. The second-order valence-corrected chi connectivity index (χ2v) is 8.42. The van der Waals surface area contributed by atoms with E-state index in [1.165, 1.54) is 0 Å². The Balaban J connectivity index is 1.63. The second kappa shape index (κ2) is 12.2. The average molecular weight is 486 g/mol. The number of carbonyl (C=O) groups excluding carboxylic acids is 2. The highest BCUT2D eigenvalue weighted by molar-refractivity contribution is 5.96. The van der Waals surface area contributed by atoms with Crippen molar-refractivity contribution in [2.24, 2.45) is 10.2 Å². The Hall–Kier alpha value is -4.66. The van der Waals surface area contributed by atoms with Gasteiger partial charge in [0, 0.05) is 63.4 Å². The van der Waals surface area contributed by atoms with Gasteiger partial charge in [0.15, 0.2) is 0 Å². The molecule has 0 bridgehead atoms. The SMILES string of the molecule is CNc1cc(C=NNC(=O)c2ccc(N(C)C)cc2)cc(C=NNC(=O)c2ccc(N(C)C)cc2)c1. The van der Waals surface area contributed by atoms with Crippen molar-refractivity contribution in [1.82, 2.24) is 10.9 Å². The summed E-state index contributed by atoms with van der Waals surface area (Å²) in [5, 5.41) is 11.2. The van der Waals surface area contributed by atoms with E-state index in [9.17, 15) is 9.59 Å². The van der Waals surface area contributed by atoms with Crippen LogP contribution in [0.3, 0.4) is 0 Å². The van der Waals surface area contributed by atoms with Crippen molar-refractivity contribution < 1.29 is 9.59 Å². The molecule has 2 amide bonds. The molecule has 0 spiro atoms. The van der Waals surface area contributed by atoms with Gasteiger partial charge in [-0.25, -0.2) is 10.9 Å². The normalized spacial score (nSPS) is 10.9. The lowest BCUT2D eigenvalue weighted by Crippen LogP contribution is -2.18. The zero-order chi connectivity index (χ0) is 26.1. The predicted molar refractivity (Wildman–Crippen MR) is 148 cm³/mol. The minimum Gasteiger partial charge on any atom is -0.388 e. The van der Waals surface area contributed by atoms with Gasteiger partial charge in [0.2, 0.25) is 0 Å². The maximum Gasteiger partial charge on any atom is 0.271 e. The predicted octanol–water partition coefficient (Wildman–Crippen LogP) is 3.39. The molecule has 0 saturated heterocycles. The maximum atomic E-state index is 12.4. The van der Waals surface area contributed by atoms with Crippen LogP contribution in [-0.2, 0) is 0 Å². The van der Waals surface area contributed by atoms with Gasteiger partial charge in [-0.1, -0.05) is 0 Å². The van der Waals surface area contributed by atoms with Gasteiger partial charge >= 0.3 is 0 Å². The summed E-state index contributed by atoms with van der Waals surface area (Å²) in [6.45, 7) is 0. The Bertz CT molecular complexity index is 1150. The van der Waals surface area contributed by atoms with Crippen LogP contribution < -0.4 is 26.0 Å². The molecule has 0 aliphatic rings. The molecule has 0 aliphatic heterocycles. The molecule has 0 aliphatic carbocycles. The first-order valence-electron chi connectivity index (χ1n) is 11.3. The molecule has 0 radical (unpaired) electrons. The minimum absolute atomic E-state index is 0.301. The number of hydrogen-bond donors (Lipinski definition) is 3. The van der Waals surface area contributed by atoms with E-state index >= 15 is 0 Å². The first-order chi connectivity index (χ1) is 17.3. The maximum absolute atomic E-state index is 12.4. The van der Waals surface area contributed by atoms with Crippen molar-refractivity contribution in [3.8, 4) is 0 Å². The zero-order valence-corrected chi connectivity index (χ0v) is 21.1. The Kier molecular flexibility index (Phi) is 8.77. The lowest BCUT2D eigenvalue weighted by molar-refractivity contribution is 0.0947. The van der Waals surface area contributed by atoms with Gasteiger partial charge in [0.05, 0.1) is 12.4 Å². The molecule has 0 saturated carbocycles. The number of anilines is 3. The molecule has 9 nitrogen and oxygen atoms in total. The molecule has 3 rings (SSSR count). The number of nitrogens with one attached hydrogen (secondary N) is 3. The topological polar surface area (TPSA) is 101 Å². The highest BCUT2D eigenvalue weighted by Gasteiger charge is 2.06. The second-order valence-electron chi connectivity index (χ2n) is 8.42. The third-order valence-corrected chi connectivity index (χ3v) is 5.32. The summed E-state index contributed by atoms with van der Waals surface area (Å²) in [5.41, 5.74) is 10.5. The van der Waals surface area contributed by atoms with Gasteiger partial charge in [0.1, 0.15) is 0 Å². The molecular formula is C27H31N7O2. The Labute approximate surface area is 211 Å². The van der Waals surface area contributed by atoms with Gasteiger partial charge in [0.25, 0.3) is 11.8 Å². The Morgan fingerprint density at radius 1 is 0.667 bits per heavy atom. The van der Waals surface area contributed by atoms with Crippen LogP contribution in [0.25, 0.3) is 0 Å². The van der Waals surface area contributed by atoms with Crippen LogP contribution in [0, 0.1) is 0 Å². The summed E-state index contributed by atoms with van der Waals surface area (Å²) >= 11 is 0. The minimum atomic E-state index is -0.301. The summed E-state index contributed by atoms with van der Waals surface area (Å²) in [4.78, 5) is 28.7. The molecule has 0 fully saturated rings. The lowest BCUT2D eigenvalue weighted by atomic mass is 10.1. The summed E-state index contributed by atoms with van der Waals surface area (Å²) in [6.07, 6.45) is 3.10. The van der Waals surface area contributed by atoms with E-state index in [0.717, 1.165) is 28.2 Å². The first-order valence-corrected chi connectivity index (χ1v) is 11.3. The molecular weight excluding hydrogens is 454 g/mol. The number of benzene rings is 3. The third kappa shape index (κ3) is 7.17. The van der Waals surface area contributed by atoms with Crippen molar-refractivity contribution in [2.75, 3.05) is 50.4 Å². The van der Waals surface area contributed by atoms with Crippen LogP contribution in [0.15, 0.2) is 76.9 Å². The van der Waals surface area contributed by atoms with Gasteiger partial charge in [-0.2, -0.15) is 10.2 Å². The number of hydrogen-bond acceptors (Lipinski definition) is 7. The summed E-state index contributed by atoms with van der Waals surface area (Å²) < 4.78 is 0. The summed E-state index contributed by atoms with van der Waals surface area (Å²) in [5.74, 6) is -0.603. The quantitative estimate of drug-likeness (QED) is 0.319. The molecule has 0 unspecified atom stereocenters. The summed E-state index contributed by atoms with van der Waals surface area (Å²) in [6, 6.07) is 20.1. The molecule has 0 heterocycles. The molecule has 9 heteroatoms. The highest BCUT2D eigenvalue weighted by atomic mass is 16.2. The van der Waals surface area contributed by atoms with Crippen molar-refractivity contribution in [2.45, 2.75) is 0 Å².